The molecule has 0 saturated heterocycles. The molecule has 1 N–H and O–H groups in total. The maximum Gasteiger partial charge on any atom is 0.475 e. The fourth-order valence-corrected chi connectivity index (χ4v) is 1.51. The molecule has 0 aromatic rings. The van der Waals surface area contributed by atoms with Gasteiger partial charge in [0.05, 0.1) is 19.2 Å². The van der Waals surface area contributed by atoms with E-state index in [1.807, 2.05) is 27.3 Å². The predicted octanol–water partition coefficient (Wildman–Crippen LogP) is 3.38. The second kappa shape index (κ2) is 6.11. The van der Waals surface area contributed by atoms with Crippen molar-refractivity contribution in [3.63, 3.8) is 0 Å². The molecular formula is C8H17F2N3OSi. The van der Waals surface area contributed by atoms with Crippen molar-refractivity contribution in [2.75, 3.05) is 6.61 Å². The van der Waals surface area contributed by atoms with E-state index in [1.165, 1.54) is 0 Å². The Hall–Kier alpha value is -0.563. The lowest BCUT2D eigenvalue weighted by atomic mass is 10.3. The molecule has 0 spiro atoms. The Morgan fingerprint density at radius 2 is 2.00 bits per heavy atom. The normalized spacial score (nSPS) is 13.8. The van der Waals surface area contributed by atoms with Gasteiger partial charge in [0, 0.05) is 0 Å². The molecular weight excluding hydrogens is 220 g/mol. The second-order valence-corrected chi connectivity index (χ2v) is 7.14. The first-order valence-electron chi connectivity index (χ1n) is 4.60. The number of nitrogens with one attached hydrogen (secondary N) is 1. The summed E-state index contributed by atoms with van der Waals surface area (Å²) in [6.07, 6.45) is -2.63. The minimum Gasteiger partial charge on any atom is -0.398 e. The molecule has 0 saturated carbocycles. The molecule has 7 heteroatoms. The highest BCUT2D eigenvalue weighted by Crippen LogP contribution is 2.27. The highest BCUT2D eigenvalue weighted by Gasteiger charge is 2.39. The Bertz CT molecular complexity index is 199. The van der Waals surface area contributed by atoms with Gasteiger partial charge < -0.3 is 11.0 Å². The minimum atomic E-state index is -2.63. The van der Waals surface area contributed by atoms with Gasteiger partial charge in [0.2, 0.25) is 6.43 Å². The molecule has 0 radical (unpaired) electrons. The zero-order valence-corrected chi connectivity index (χ0v) is 10.4. The Kier molecular flexibility index (Phi) is 5.88. The van der Waals surface area contributed by atoms with Crippen LogP contribution in [0.5, 0.6) is 0 Å². The highest BCUT2D eigenvalue weighted by atomic mass is 28.3. The summed E-state index contributed by atoms with van der Waals surface area (Å²) in [6, 6.07) is -1.32. The van der Waals surface area contributed by atoms with Gasteiger partial charge in [-0.3, -0.25) is 5.22 Å². The van der Waals surface area contributed by atoms with Gasteiger partial charge in [0.15, 0.2) is 0 Å². The van der Waals surface area contributed by atoms with Crippen molar-refractivity contribution in [3.8, 4) is 0 Å². The van der Waals surface area contributed by atoms with Crippen LogP contribution in [0.4, 0.5) is 8.78 Å². The van der Waals surface area contributed by atoms with Gasteiger partial charge in [-0.2, -0.15) is 0 Å². The second-order valence-electron chi connectivity index (χ2n) is 4.23. The summed E-state index contributed by atoms with van der Waals surface area (Å²) >= 11 is 0. The van der Waals surface area contributed by atoms with Crippen LogP contribution in [-0.2, 0) is 4.43 Å². The number of rotatable bonds is 6. The van der Waals surface area contributed by atoms with Crippen LogP contribution in [0.25, 0.3) is 5.43 Å². The van der Waals surface area contributed by atoms with Crippen LogP contribution in [-0.4, -0.2) is 28.1 Å². The van der Waals surface area contributed by atoms with Crippen molar-refractivity contribution in [2.24, 2.45) is 5.22 Å². The van der Waals surface area contributed by atoms with Gasteiger partial charge in [-0.25, -0.2) is 13.2 Å². The summed E-state index contributed by atoms with van der Waals surface area (Å²) < 4.78 is 30.0. The first-order valence-corrected chi connectivity index (χ1v) is 6.51. The van der Waals surface area contributed by atoms with E-state index in [9.17, 15) is 8.78 Å². The van der Waals surface area contributed by atoms with E-state index in [-0.39, 0.29) is 11.6 Å². The molecule has 0 aliphatic rings. The number of halogens is 2. The summed E-state index contributed by atoms with van der Waals surface area (Å²) in [7, 11) is -1.15. The van der Waals surface area contributed by atoms with Crippen LogP contribution in [0.15, 0.2) is 5.22 Å². The van der Waals surface area contributed by atoms with E-state index in [0.717, 1.165) is 0 Å². The molecule has 1 atom stereocenters. The first-order chi connectivity index (χ1) is 6.79. The van der Waals surface area contributed by atoms with Crippen LogP contribution in [0.2, 0.25) is 11.6 Å². The number of nitrogens with zero attached hydrogens (tertiary/aromatic N) is 2. The monoisotopic (exact) mass is 237 g/mol. The quantitative estimate of drug-likeness (QED) is 0.429. The van der Waals surface area contributed by atoms with E-state index in [0.29, 0.717) is 0 Å². The predicted molar refractivity (Wildman–Crippen MR) is 55.6 cm³/mol. The standard InChI is InChI=1S/C8H17F2N3OSi/c1-8(2,3)15(4)14-5-6(7(9)10)12-13-11/h6-7H,5H2,1-4H3,(H-,11,12)/t6-/m0/s1. The van der Waals surface area contributed by atoms with Gasteiger partial charge in [0.1, 0.15) is 5.04 Å². The Morgan fingerprint density at radius 1 is 1.47 bits per heavy atom. The molecule has 0 aliphatic carbocycles. The van der Waals surface area contributed by atoms with Crippen molar-refractivity contribution in [2.45, 2.75) is 44.8 Å². The molecule has 0 aromatic carbocycles. The zero-order chi connectivity index (χ0) is 12.1. The molecule has 0 amide bonds. The molecule has 88 valence electrons. The largest absolute Gasteiger partial charge is 0.475 e. The number of hydrogen-bond acceptors (Lipinski definition) is 3. The van der Waals surface area contributed by atoms with Crippen LogP contribution >= 0.6 is 0 Å². The van der Waals surface area contributed by atoms with Crippen LogP contribution in [0.1, 0.15) is 20.8 Å². The van der Waals surface area contributed by atoms with Gasteiger partial charge in [-0.15, -0.1) is 0 Å². The van der Waals surface area contributed by atoms with Crippen molar-refractivity contribution in [3.05, 3.63) is 5.43 Å². The Morgan fingerprint density at radius 3 is 2.33 bits per heavy atom. The lowest BCUT2D eigenvalue weighted by Gasteiger charge is -2.19. The smallest absolute Gasteiger partial charge is 0.398 e. The lowest BCUT2D eigenvalue weighted by Crippen LogP contribution is -2.32. The van der Waals surface area contributed by atoms with Gasteiger partial charge in [-0.05, 0) is 20.8 Å². The molecule has 0 aromatic heterocycles. The fraction of sp³-hybridized carbons (Fsp3) is 1.00. The number of alkyl halides is 2. The summed E-state index contributed by atoms with van der Waals surface area (Å²) in [5.41, 5.74) is 9.52. The zero-order valence-electron chi connectivity index (χ0n) is 9.42. The summed E-state index contributed by atoms with van der Waals surface area (Å²) in [5, 5.41) is 2.62. The van der Waals surface area contributed by atoms with Crippen molar-refractivity contribution in [1.82, 2.24) is 0 Å². The average Bonchev–Trinajstić information content (AvgIpc) is 2.09. The van der Waals surface area contributed by atoms with Crippen LogP contribution in [0, 0.1) is 5.53 Å². The van der Waals surface area contributed by atoms with Crippen molar-refractivity contribution >= 4 is 9.04 Å². The van der Waals surface area contributed by atoms with Crippen molar-refractivity contribution in [1.29, 1.82) is 5.53 Å². The molecule has 0 bridgehead atoms. The average molecular weight is 237 g/mol. The highest BCUT2D eigenvalue weighted by molar-refractivity contribution is 6.53. The molecule has 0 heterocycles. The maximum absolute atomic E-state index is 12.3. The SMILES string of the molecule is C[Si+](OC[C@H]([N-]N=N)C(F)F)C(C)(C)C. The third-order valence-corrected chi connectivity index (χ3v) is 4.74. The van der Waals surface area contributed by atoms with Gasteiger partial charge >= 0.3 is 9.04 Å². The lowest BCUT2D eigenvalue weighted by molar-refractivity contribution is 0.0992. The summed E-state index contributed by atoms with van der Waals surface area (Å²) in [5.74, 6) is 0. The third kappa shape index (κ3) is 5.78. The Labute approximate surface area is 90.6 Å². The molecule has 0 aliphatic heterocycles. The molecule has 0 unspecified atom stereocenters. The number of hydrogen-bond donors (Lipinski definition) is 1. The maximum atomic E-state index is 12.3. The minimum absolute atomic E-state index is 0.00452. The van der Waals surface area contributed by atoms with Crippen LogP contribution < -0.4 is 0 Å². The third-order valence-electron chi connectivity index (χ3n) is 2.02. The van der Waals surface area contributed by atoms with E-state index in [4.69, 9.17) is 9.96 Å². The summed E-state index contributed by atoms with van der Waals surface area (Å²) in [6.45, 7) is 7.77. The Balaban J connectivity index is 4.04. The molecule has 0 rings (SSSR count). The topological polar surface area (TPSA) is 59.5 Å². The van der Waals surface area contributed by atoms with E-state index in [1.54, 1.807) is 0 Å². The van der Waals surface area contributed by atoms with E-state index >= 15 is 0 Å². The van der Waals surface area contributed by atoms with Crippen LogP contribution in [0.3, 0.4) is 0 Å². The molecule has 0 fully saturated rings. The van der Waals surface area contributed by atoms with E-state index < -0.39 is 21.5 Å². The summed E-state index contributed by atoms with van der Waals surface area (Å²) in [4.78, 5) is 0. The molecule has 4 nitrogen and oxygen atoms in total. The van der Waals surface area contributed by atoms with Gasteiger partial charge in [-0.1, -0.05) is 0 Å². The van der Waals surface area contributed by atoms with Crippen molar-refractivity contribution < 1.29 is 13.2 Å². The van der Waals surface area contributed by atoms with Gasteiger partial charge in [0.25, 0.3) is 0 Å². The molecule has 15 heavy (non-hydrogen) atoms. The first kappa shape index (κ1) is 14.4. The van der Waals surface area contributed by atoms with E-state index in [2.05, 4.69) is 10.6 Å². The fourth-order valence-electron chi connectivity index (χ4n) is 0.658.